The molecule has 2 nitrogen and oxygen atoms in total. The average molecular weight is 353 g/mol. The molecule has 24 heavy (non-hydrogen) atoms. The van der Waals surface area contributed by atoms with E-state index < -0.39 is 42.3 Å². The molecule has 1 atom stereocenters. The number of nitrogens with one attached hydrogen (secondary N) is 1. The molecular weight excluding hydrogens is 336 g/mol. The number of alkyl halides is 6. The van der Waals surface area contributed by atoms with Gasteiger partial charge in [0.05, 0.1) is 5.56 Å². The van der Waals surface area contributed by atoms with Crippen LogP contribution in [0, 0.1) is 5.92 Å². The van der Waals surface area contributed by atoms with Crippen LogP contribution in [0.2, 0.25) is 0 Å². The topological polar surface area (TPSA) is 36.0 Å². The maximum Gasteiger partial charge on any atom is 0.417 e. The lowest BCUT2D eigenvalue weighted by Crippen LogP contribution is -2.48. The zero-order valence-electron chi connectivity index (χ0n) is 13.0. The van der Waals surface area contributed by atoms with E-state index >= 15 is 0 Å². The number of halogens is 6. The molecule has 1 aromatic carbocycles. The third-order valence-corrected chi connectivity index (χ3v) is 3.76. The van der Waals surface area contributed by atoms with Crippen LogP contribution in [-0.2, 0) is 12.6 Å². The Balaban J connectivity index is 2.38. The van der Waals surface area contributed by atoms with E-state index in [2.05, 4.69) is 4.98 Å². The van der Waals surface area contributed by atoms with Gasteiger partial charge >= 0.3 is 12.4 Å². The van der Waals surface area contributed by atoms with Crippen molar-refractivity contribution in [3.8, 4) is 0 Å². The van der Waals surface area contributed by atoms with E-state index in [9.17, 15) is 31.4 Å². The van der Waals surface area contributed by atoms with Gasteiger partial charge in [-0.2, -0.15) is 26.3 Å². The fraction of sp³-hybridized carbons (Fsp3) is 0.500. The average Bonchev–Trinajstić information content (AvgIpc) is 2.75. The second-order valence-corrected chi connectivity index (χ2v) is 6.40. The number of H-pyrrole nitrogens is 1. The second kappa shape index (κ2) is 5.98. The summed E-state index contributed by atoms with van der Waals surface area (Å²) in [7, 11) is 0. The molecule has 0 aliphatic carbocycles. The van der Waals surface area contributed by atoms with Crippen LogP contribution in [0.3, 0.4) is 0 Å². The van der Waals surface area contributed by atoms with Crippen LogP contribution in [-0.4, -0.2) is 21.9 Å². The predicted octanol–water partition coefficient (Wildman–Crippen LogP) is 5.07. The van der Waals surface area contributed by atoms with Crippen LogP contribution in [0.15, 0.2) is 24.3 Å². The first-order chi connectivity index (χ1) is 10.8. The second-order valence-electron chi connectivity index (χ2n) is 6.40. The summed E-state index contributed by atoms with van der Waals surface area (Å²) in [6, 6.07) is 4.09. The van der Waals surface area contributed by atoms with E-state index in [-0.39, 0.29) is 16.6 Å². The van der Waals surface area contributed by atoms with E-state index in [1.165, 1.54) is 6.07 Å². The normalized spacial score (nSPS) is 15.9. The molecule has 8 heteroatoms. The summed E-state index contributed by atoms with van der Waals surface area (Å²) in [4.78, 5) is 2.65. The predicted molar refractivity (Wildman–Crippen MR) is 77.5 cm³/mol. The Morgan fingerprint density at radius 2 is 1.67 bits per heavy atom. The Hall–Kier alpha value is -1.70. The molecule has 2 rings (SSSR count). The van der Waals surface area contributed by atoms with Crippen molar-refractivity contribution < 1.29 is 31.4 Å². The molecule has 1 unspecified atom stereocenters. The summed E-state index contributed by atoms with van der Waals surface area (Å²) in [5, 5.41) is 10.2. The third-order valence-electron chi connectivity index (χ3n) is 3.76. The molecule has 0 saturated carbocycles. The fourth-order valence-electron chi connectivity index (χ4n) is 2.74. The van der Waals surface area contributed by atoms with Gasteiger partial charge in [0.1, 0.15) is 0 Å². The van der Waals surface area contributed by atoms with E-state index in [4.69, 9.17) is 0 Å². The molecule has 0 aliphatic rings. The number of aliphatic hydroxyl groups is 1. The minimum absolute atomic E-state index is 0.0322. The van der Waals surface area contributed by atoms with Crippen molar-refractivity contribution in [3.63, 3.8) is 0 Å². The van der Waals surface area contributed by atoms with Crippen molar-refractivity contribution in [2.75, 3.05) is 0 Å². The Labute approximate surface area is 134 Å². The lowest BCUT2D eigenvalue weighted by molar-refractivity contribution is -0.265. The summed E-state index contributed by atoms with van der Waals surface area (Å²) in [5.41, 5.74) is -3.50. The largest absolute Gasteiger partial charge is 0.417 e. The highest BCUT2D eigenvalue weighted by Crippen LogP contribution is 2.38. The molecule has 0 aliphatic heterocycles. The van der Waals surface area contributed by atoms with Gasteiger partial charge < -0.3 is 10.1 Å². The van der Waals surface area contributed by atoms with Crippen molar-refractivity contribution in [2.24, 2.45) is 5.92 Å². The van der Waals surface area contributed by atoms with Crippen LogP contribution >= 0.6 is 0 Å². The van der Waals surface area contributed by atoms with Crippen LogP contribution in [0.1, 0.15) is 31.5 Å². The summed E-state index contributed by atoms with van der Waals surface area (Å²) in [5.74, 6) is -0.405. The van der Waals surface area contributed by atoms with Crippen molar-refractivity contribution in [2.45, 2.75) is 44.6 Å². The highest BCUT2D eigenvalue weighted by molar-refractivity contribution is 5.81. The quantitative estimate of drug-likeness (QED) is 0.740. The maximum atomic E-state index is 13.2. The molecule has 0 radical (unpaired) electrons. The number of rotatable bonds is 4. The van der Waals surface area contributed by atoms with Crippen LogP contribution in [0.25, 0.3) is 10.9 Å². The SMILES string of the molecule is CC(C)CC(O)(Cc1cc2cc(C(F)(F)F)ccc2[nH]1)C(F)(F)F. The molecule has 0 spiro atoms. The van der Waals surface area contributed by atoms with Gasteiger partial charge in [0, 0.05) is 23.0 Å². The monoisotopic (exact) mass is 353 g/mol. The lowest BCUT2D eigenvalue weighted by atomic mass is 9.87. The number of hydrogen-bond donors (Lipinski definition) is 2. The Bertz CT molecular complexity index is 715. The molecule has 0 fully saturated rings. The molecule has 1 heterocycles. The van der Waals surface area contributed by atoms with E-state index in [0.29, 0.717) is 0 Å². The van der Waals surface area contributed by atoms with E-state index in [1.54, 1.807) is 13.8 Å². The summed E-state index contributed by atoms with van der Waals surface area (Å²) in [6.45, 7) is 3.11. The van der Waals surface area contributed by atoms with Crippen LogP contribution in [0.4, 0.5) is 26.3 Å². The Morgan fingerprint density at radius 3 is 2.17 bits per heavy atom. The van der Waals surface area contributed by atoms with Gasteiger partial charge in [-0.1, -0.05) is 13.8 Å². The van der Waals surface area contributed by atoms with Gasteiger partial charge in [0.25, 0.3) is 0 Å². The molecular formula is C16H17F6NO. The van der Waals surface area contributed by atoms with Gasteiger partial charge in [0.15, 0.2) is 5.60 Å². The van der Waals surface area contributed by atoms with Crippen LogP contribution < -0.4 is 0 Å². The van der Waals surface area contributed by atoms with Gasteiger partial charge in [-0.15, -0.1) is 0 Å². The standard InChI is InChI=1S/C16H17F6NO/c1-9(2)7-14(24,16(20,21)22)8-12-6-10-5-11(15(17,18)19)3-4-13(10)23-12/h3-6,9,23-24H,7-8H2,1-2H3. The van der Waals surface area contributed by atoms with Crippen molar-refractivity contribution in [1.29, 1.82) is 0 Å². The van der Waals surface area contributed by atoms with Gasteiger partial charge in [-0.3, -0.25) is 0 Å². The van der Waals surface area contributed by atoms with Gasteiger partial charge in [0.2, 0.25) is 0 Å². The first-order valence-corrected chi connectivity index (χ1v) is 7.30. The number of aromatic nitrogens is 1. The van der Waals surface area contributed by atoms with Gasteiger partial charge in [-0.25, -0.2) is 0 Å². The lowest BCUT2D eigenvalue weighted by Gasteiger charge is -2.31. The summed E-state index contributed by atoms with van der Waals surface area (Å²) in [6.07, 6.45) is -10.6. The Kier molecular flexibility index (Phi) is 4.65. The smallest absolute Gasteiger partial charge is 0.380 e. The first kappa shape index (κ1) is 18.6. The van der Waals surface area contributed by atoms with Crippen molar-refractivity contribution in [1.82, 2.24) is 4.98 Å². The molecule has 134 valence electrons. The minimum Gasteiger partial charge on any atom is -0.380 e. The number of hydrogen-bond acceptors (Lipinski definition) is 1. The number of benzene rings is 1. The minimum atomic E-state index is -4.84. The zero-order valence-corrected chi connectivity index (χ0v) is 13.0. The molecule has 2 N–H and O–H groups in total. The maximum absolute atomic E-state index is 13.2. The highest BCUT2D eigenvalue weighted by Gasteiger charge is 2.53. The third kappa shape index (κ3) is 3.85. The first-order valence-electron chi connectivity index (χ1n) is 7.30. The molecule has 0 saturated heterocycles. The van der Waals surface area contributed by atoms with E-state index in [0.717, 1.165) is 18.2 Å². The van der Waals surface area contributed by atoms with E-state index in [1.807, 2.05) is 0 Å². The molecule has 1 aromatic heterocycles. The summed E-state index contributed by atoms with van der Waals surface area (Å²) < 4.78 is 77.7. The molecule has 0 amide bonds. The summed E-state index contributed by atoms with van der Waals surface area (Å²) >= 11 is 0. The zero-order chi connectivity index (χ0) is 18.3. The highest BCUT2D eigenvalue weighted by atomic mass is 19.4. The fourth-order valence-corrected chi connectivity index (χ4v) is 2.74. The molecule has 2 aromatic rings. The van der Waals surface area contributed by atoms with Crippen LogP contribution in [0.5, 0.6) is 0 Å². The number of aromatic amines is 1. The van der Waals surface area contributed by atoms with Crippen molar-refractivity contribution >= 4 is 10.9 Å². The Morgan fingerprint density at radius 1 is 1.04 bits per heavy atom. The number of fused-ring (bicyclic) bond motifs is 1. The van der Waals surface area contributed by atoms with Gasteiger partial charge in [-0.05, 0) is 36.6 Å². The molecule has 0 bridgehead atoms. The van der Waals surface area contributed by atoms with Crippen molar-refractivity contribution in [3.05, 3.63) is 35.5 Å².